The lowest BCUT2D eigenvalue weighted by Crippen LogP contribution is -2.22. The first kappa shape index (κ1) is 14.2. The molecule has 2 heterocycles. The van der Waals surface area contributed by atoms with E-state index in [-0.39, 0.29) is 6.04 Å². The zero-order valence-corrected chi connectivity index (χ0v) is 13.4. The second kappa shape index (κ2) is 6.41. The van der Waals surface area contributed by atoms with E-state index in [1.807, 2.05) is 12.1 Å². The molecule has 2 nitrogen and oxygen atoms in total. The number of hydrogen-bond acceptors (Lipinski definition) is 3. The molecule has 1 aromatic heterocycles. The lowest BCUT2D eigenvalue weighted by Gasteiger charge is -2.23. The predicted octanol–water partition coefficient (Wildman–Crippen LogP) is 5.28. The SMILES string of the molecule is C1=C(c2ccsc2)ON(Cc2ccccc2)C1c1ccccc1. The molecule has 1 atom stereocenters. The molecule has 0 spiro atoms. The van der Waals surface area contributed by atoms with Crippen molar-refractivity contribution in [2.45, 2.75) is 12.6 Å². The van der Waals surface area contributed by atoms with Crippen LogP contribution in [0.3, 0.4) is 0 Å². The summed E-state index contributed by atoms with van der Waals surface area (Å²) < 4.78 is 0. The smallest absolute Gasteiger partial charge is 0.153 e. The van der Waals surface area contributed by atoms with Crippen molar-refractivity contribution in [2.75, 3.05) is 0 Å². The Hall–Kier alpha value is -2.36. The van der Waals surface area contributed by atoms with E-state index in [9.17, 15) is 0 Å². The Morgan fingerprint density at radius 1 is 0.913 bits per heavy atom. The lowest BCUT2D eigenvalue weighted by atomic mass is 10.1. The summed E-state index contributed by atoms with van der Waals surface area (Å²) in [5, 5.41) is 6.26. The molecule has 4 rings (SSSR count). The van der Waals surface area contributed by atoms with Gasteiger partial charge in [-0.05, 0) is 28.6 Å². The summed E-state index contributed by atoms with van der Waals surface area (Å²) in [7, 11) is 0. The van der Waals surface area contributed by atoms with Crippen LogP contribution in [0, 0.1) is 0 Å². The normalized spacial score (nSPS) is 17.7. The van der Waals surface area contributed by atoms with E-state index >= 15 is 0 Å². The van der Waals surface area contributed by atoms with E-state index in [1.165, 1.54) is 11.1 Å². The molecule has 1 aliphatic heterocycles. The quantitative estimate of drug-likeness (QED) is 0.649. The standard InChI is InChI=1S/C20H17NOS/c1-3-7-16(8-4-1)14-21-19(17-9-5-2-6-10-17)13-20(22-21)18-11-12-23-15-18/h1-13,15,19H,14H2. The van der Waals surface area contributed by atoms with Crippen LogP contribution >= 0.6 is 11.3 Å². The van der Waals surface area contributed by atoms with Crippen molar-refractivity contribution >= 4 is 17.1 Å². The number of rotatable bonds is 4. The van der Waals surface area contributed by atoms with Crippen LogP contribution in [-0.4, -0.2) is 5.06 Å². The molecule has 0 amide bonds. The first-order valence-corrected chi connectivity index (χ1v) is 8.62. The molecular weight excluding hydrogens is 302 g/mol. The monoisotopic (exact) mass is 319 g/mol. The van der Waals surface area contributed by atoms with Crippen LogP contribution in [0.15, 0.2) is 83.6 Å². The fourth-order valence-corrected chi connectivity index (χ4v) is 3.45. The molecule has 2 aromatic carbocycles. The lowest BCUT2D eigenvalue weighted by molar-refractivity contribution is -0.101. The van der Waals surface area contributed by atoms with E-state index in [1.54, 1.807) is 11.3 Å². The van der Waals surface area contributed by atoms with Gasteiger partial charge in [-0.15, -0.1) is 5.06 Å². The highest BCUT2D eigenvalue weighted by molar-refractivity contribution is 7.08. The Morgan fingerprint density at radius 2 is 1.65 bits per heavy atom. The van der Waals surface area contributed by atoms with Crippen molar-refractivity contribution in [3.05, 3.63) is 100 Å². The molecule has 23 heavy (non-hydrogen) atoms. The van der Waals surface area contributed by atoms with Gasteiger partial charge in [0.1, 0.15) is 0 Å². The maximum absolute atomic E-state index is 6.18. The molecule has 0 aliphatic carbocycles. The van der Waals surface area contributed by atoms with E-state index in [4.69, 9.17) is 4.84 Å². The van der Waals surface area contributed by atoms with Crippen molar-refractivity contribution < 1.29 is 4.84 Å². The Bertz CT molecular complexity index is 781. The highest BCUT2D eigenvalue weighted by Gasteiger charge is 2.29. The first-order valence-electron chi connectivity index (χ1n) is 7.68. The van der Waals surface area contributed by atoms with Gasteiger partial charge in [0.25, 0.3) is 0 Å². The second-order valence-corrected chi connectivity index (χ2v) is 6.33. The average Bonchev–Trinajstić information content (AvgIpc) is 3.26. The van der Waals surface area contributed by atoms with Crippen LogP contribution in [-0.2, 0) is 11.4 Å². The van der Waals surface area contributed by atoms with Crippen molar-refractivity contribution in [2.24, 2.45) is 0 Å². The summed E-state index contributed by atoms with van der Waals surface area (Å²) in [6.07, 6.45) is 2.21. The molecule has 0 saturated heterocycles. The third kappa shape index (κ3) is 3.07. The number of nitrogens with zero attached hydrogens (tertiary/aromatic N) is 1. The maximum Gasteiger partial charge on any atom is 0.153 e. The Labute approximate surface area is 140 Å². The molecule has 0 radical (unpaired) electrons. The molecule has 3 heteroatoms. The van der Waals surface area contributed by atoms with E-state index < -0.39 is 0 Å². The largest absolute Gasteiger partial charge is 0.404 e. The third-order valence-electron chi connectivity index (χ3n) is 3.96. The second-order valence-electron chi connectivity index (χ2n) is 5.55. The van der Waals surface area contributed by atoms with Gasteiger partial charge in [0.2, 0.25) is 0 Å². The fourth-order valence-electron chi connectivity index (χ4n) is 2.80. The van der Waals surface area contributed by atoms with Gasteiger partial charge in [0, 0.05) is 10.9 Å². The average molecular weight is 319 g/mol. The van der Waals surface area contributed by atoms with Gasteiger partial charge in [0.15, 0.2) is 5.76 Å². The molecule has 114 valence electrons. The fraction of sp³-hybridized carbons (Fsp3) is 0.100. The van der Waals surface area contributed by atoms with E-state index in [2.05, 4.69) is 76.5 Å². The van der Waals surface area contributed by atoms with Crippen LogP contribution in [0.25, 0.3) is 5.76 Å². The Balaban J connectivity index is 1.65. The molecule has 0 fully saturated rings. The molecule has 1 aliphatic rings. The number of thiophene rings is 1. The van der Waals surface area contributed by atoms with Crippen molar-refractivity contribution in [3.63, 3.8) is 0 Å². The number of hydrogen-bond donors (Lipinski definition) is 0. The van der Waals surface area contributed by atoms with Gasteiger partial charge in [-0.1, -0.05) is 60.7 Å². The zero-order valence-electron chi connectivity index (χ0n) is 12.6. The highest BCUT2D eigenvalue weighted by Crippen LogP contribution is 2.37. The van der Waals surface area contributed by atoms with E-state index in [0.717, 1.165) is 17.9 Å². The van der Waals surface area contributed by atoms with Crippen LogP contribution in [0.4, 0.5) is 0 Å². The van der Waals surface area contributed by atoms with Gasteiger partial charge in [0.05, 0.1) is 12.6 Å². The van der Waals surface area contributed by atoms with Crippen molar-refractivity contribution in [1.82, 2.24) is 5.06 Å². The first-order chi connectivity index (χ1) is 11.4. The van der Waals surface area contributed by atoms with Crippen LogP contribution in [0.2, 0.25) is 0 Å². The van der Waals surface area contributed by atoms with Crippen molar-refractivity contribution in [1.29, 1.82) is 0 Å². The summed E-state index contributed by atoms with van der Waals surface area (Å²) >= 11 is 1.69. The minimum Gasteiger partial charge on any atom is -0.404 e. The number of hydroxylamine groups is 2. The summed E-state index contributed by atoms with van der Waals surface area (Å²) in [6, 6.07) is 23.2. The molecular formula is C20H17NOS. The minimum absolute atomic E-state index is 0.131. The topological polar surface area (TPSA) is 12.5 Å². The summed E-state index contributed by atoms with van der Waals surface area (Å²) in [5.74, 6) is 0.941. The maximum atomic E-state index is 6.18. The van der Waals surface area contributed by atoms with Crippen LogP contribution in [0.1, 0.15) is 22.7 Å². The van der Waals surface area contributed by atoms with Gasteiger partial charge in [-0.2, -0.15) is 11.3 Å². The number of benzene rings is 2. The van der Waals surface area contributed by atoms with Crippen LogP contribution in [0.5, 0.6) is 0 Å². The van der Waals surface area contributed by atoms with Crippen molar-refractivity contribution in [3.8, 4) is 0 Å². The summed E-state index contributed by atoms with van der Waals surface area (Å²) in [6.45, 7) is 0.755. The summed E-state index contributed by atoms with van der Waals surface area (Å²) in [4.78, 5) is 6.18. The highest BCUT2D eigenvalue weighted by atomic mass is 32.1. The van der Waals surface area contributed by atoms with Gasteiger partial charge in [-0.25, -0.2) is 0 Å². The zero-order chi connectivity index (χ0) is 15.5. The molecule has 1 unspecified atom stereocenters. The Morgan fingerprint density at radius 3 is 2.35 bits per heavy atom. The summed E-state index contributed by atoms with van der Waals surface area (Å²) in [5.41, 5.74) is 3.63. The van der Waals surface area contributed by atoms with Gasteiger partial charge < -0.3 is 4.84 Å². The van der Waals surface area contributed by atoms with Crippen LogP contribution < -0.4 is 0 Å². The molecule has 0 saturated carbocycles. The molecule has 3 aromatic rings. The molecule has 0 N–H and O–H groups in total. The minimum atomic E-state index is 0.131. The Kier molecular flexibility index (Phi) is 3.97. The van der Waals surface area contributed by atoms with Gasteiger partial charge >= 0.3 is 0 Å². The molecule has 0 bridgehead atoms. The van der Waals surface area contributed by atoms with E-state index in [0.29, 0.717) is 0 Å². The third-order valence-corrected chi connectivity index (χ3v) is 4.65. The van der Waals surface area contributed by atoms with Gasteiger partial charge in [-0.3, -0.25) is 0 Å². The predicted molar refractivity (Wildman–Crippen MR) is 94.5 cm³/mol.